The molecular weight excluding hydrogens is 521 g/mol. The van der Waals surface area contributed by atoms with Crippen LogP contribution in [0.25, 0.3) is 0 Å². The summed E-state index contributed by atoms with van der Waals surface area (Å²) in [6.45, 7) is 7.76. The first-order chi connectivity index (χ1) is 16.8. The maximum Gasteiger partial charge on any atom is 0.244 e. The summed E-state index contributed by atoms with van der Waals surface area (Å²) in [4.78, 5) is 27.8. The van der Waals surface area contributed by atoms with Crippen LogP contribution in [0.2, 0.25) is 10.0 Å². The Labute approximate surface area is 224 Å². The molecule has 1 atom stereocenters. The van der Waals surface area contributed by atoms with Crippen LogP contribution in [0.15, 0.2) is 42.5 Å². The van der Waals surface area contributed by atoms with Crippen LogP contribution in [0.4, 0.5) is 5.69 Å². The summed E-state index contributed by atoms with van der Waals surface area (Å²) in [5.74, 6) is -0.578. The molecule has 0 fully saturated rings. The van der Waals surface area contributed by atoms with E-state index < -0.39 is 28.5 Å². The standard InChI is InChI=1S/C26H35Cl2N3O4S/c1-6-7-14-29-26(33)19(4)30(16-21-8-11-22(27)15-24(21)28)25(32)17-31(36(5,34)35)23-12-9-20(10-13-23)18(2)3/h8-13,15,18-19H,6-7,14,16-17H2,1-5H3,(H,29,33)/t19-/m1/s1. The predicted molar refractivity (Wildman–Crippen MR) is 147 cm³/mol. The minimum absolute atomic E-state index is 0.0150. The lowest BCUT2D eigenvalue weighted by atomic mass is 10.0. The highest BCUT2D eigenvalue weighted by Gasteiger charge is 2.30. The fourth-order valence-electron chi connectivity index (χ4n) is 3.59. The van der Waals surface area contributed by atoms with E-state index in [1.54, 1.807) is 37.3 Å². The molecular formula is C26H35Cl2N3O4S. The highest BCUT2D eigenvalue weighted by Crippen LogP contribution is 2.25. The smallest absolute Gasteiger partial charge is 0.244 e. The third-order valence-electron chi connectivity index (χ3n) is 5.88. The lowest BCUT2D eigenvalue weighted by molar-refractivity contribution is -0.139. The van der Waals surface area contributed by atoms with Crippen molar-refractivity contribution >= 4 is 50.7 Å². The van der Waals surface area contributed by atoms with Gasteiger partial charge in [0.2, 0.25) is 21.8 Å². The zero-order valence-electron chi connectivity index (χ0n) is 21.4. The number of benzene rings is 2. The summed E-state index contributed by atoms with van der Waals surface area (Å²) in [6, 6.07) is 11.1. The zero-order chi connectivity index (χ0) is 27.0. The molecule has 7 nitrogen and oxygen atoms in total. The highest BCUT2D eigenvalue weighted by molar-refractivity contribution is 7.92. The predicted octanol–water partition coefficient (Wildman–Crippen LogP) is 5.22. The highest BCUT2D eigenvalue weighted by atomic mass is 35.5. The molecule has 2 aromatic carbocycles. The second-order valence-corrected chi connectivity index (χ2v) is 11.8. The Hall–Kier alpha value is -2.29. The normalized spacial score (nSPS) is 12.3. The van der Waals surface area contributed by atoms with E-state index in [-0.39, 0.29) is 18.4 Å². The monoisotopic (exact) mass is 555 g/mol. The summed E-state index contributed by atoms with van der Waals surface area (Å²) in [7, 11) is -3.79. The number of amides is 2. The van der Waals surface area contributed by atoms with E-state index in [9.17, 15) is 18.0 Å². The summed E-state index contributed by atoms with van der Waals surface area (Å²) in [5.41, 5.74) is 2.02. The van der Waals surface area contributed by atoms with Crippen LogP contribution in [0.1, 0.15) is 57.6 Å². The molecule has 36 heavy (non-hydrogen) atoms. The number of sulfonamides is 1. The van der Waals surface area contributed by atoms with Gasteiger partial charge >= 0.3 is 0 Å². The maximum absolute atomic E-state index is 13.6. The number of unbranched alkanes of at least 4 members (excludes halogenated alkanes) is 1. The molecule has 0 aromatic heterocycles. The first-order valence-corrected chi connectivity index (χ1v) is 14.5. The van der Waals surface area contributed by atoms with Crippen LogP contribution in [0, 0.1) is 0 Å². The van der Waals surface area contributed by atoms with E-state index in [2.05, 4.69) is 5.32 Å². The number of hydrogen-bond acceptors (Lipinski definition) is 4. The molecule has 1 N–H and O–H groups in total. The van der Waals surface area contributed by atoms with Gasteiger partial charge in [-0.05, 0) is 54.7 Å². The molecule has 0 saturated heterocycles. The quantitative estimate of drug-likeness (QED) is 0.364. The van der Waals surface area contributed by atoms with Crippen LogP contribution < -0.4 is 9.62 Å². The first-order valence-electron chi connectivity index (χ1n) is 11.9. The fraction of sp³-hybridized carbons (Fsp3) is 0.462. The van der Waals surface area contributed by atoms with Crippen molar-refractivity contribution in [2.45, 2.75) is 59.0 Å². The van der Waals surface area contributed by atoms with Crippen molar-refractivity contribution in [3.63, 3.8) is 0 Å². The van der Waals surface area contributed by atoms with Crippen molar-refractivity contribution in [1.29, 1.82) is 0 Å². The number of nitrogens with one attached hydrogen (secondary N) is 1. The van der Waals surface area contributed by atoms with Crippen molar-refractivity contribution < 1.29 is 18.0 Å². The number of carbonyl (C=O) groups excluding carboxylic acids is 2. The Bertz CT molecular complexity index is 1150. The molecule has 0 aliphatic heterocycles. The van der Waals surface area contributed by atoms with Gasteiger partial charge in [0.05, 0.1) is 11.9 Å². The summed E-state index contributed by atoms with van der Waals surface area (Å²) in [5, 5.41) is 3.64. The van der Waals surface area contributed by atoms with Crippen molar-refractivity contribution in [3.8, 4) is 0 Å². The second-order valence-electron chi connectivity index (χ2n) is 9.09. The molecule has 0 radical (unpaired) electrons. The van der Waals surface area contributed by atoms with Gasteiger partial charge in [0.1, 0.15) is 12.6 Å². The van der Waals surface area contributed by atoms with E-state index in [0.29, 0.717) is 27.8 Å². The molecule has 10 heteroatoms. The number of halogens is 2. The zero-order valence-corrected chi connectivity index (χ0v) is 23.8. The molecule has 0 unspecified atom stereocenters. The molecule has 0 saturated carbocycles. The minimum atomic E-state index is -3.79. The van der Waals surface area contributed by atoms with Gasteiger partial charge in [-0.25, -0.2) is 8.42 Å². The minimum Gasteiger partial charge on any atom is -0.354 e. The maximum atomic E-state index is 13.6. The summed E-state index contributed by atoms with van der Waals surface area (Å²) < 4.78 is 26.4. The van der Waals surface area contributed by atoms with Gasteiger partial charge in [0.15, 0.2) is 0 Å². The van der Waals surface area contributed by atoms with Gasteiger partial charge < -0.3 is 10.2 Å². The van der Waals surface area contributed by atoms with Gasteiger partial charge in [0, 0.05) is 23.1 Å². The Balaban J connectivity index is 2.38. The third kappa shape index (κ3) is 8.39. The lowest BCUT2D eigenvalue weighted by Gasteiger charge is -2.31. The summed E-state index contributed by atoms with van der Waals surface area (Å²) in [6.07, 6.45) is 2.78. The molecule has 198 valence electrons. The molecule has 2 rings (SSSR count). The van der Waals surface area contributed by atoms with E-state index >= 15 is 0 Å². The van der Waals surface area contributed by atoms with Crippen molar-refractivity contribution in [2.24, 2.45) is 0 Å². The molecule has 2 amide bonds. The van der Waals surface area contributed by atoms with Gasteiger partial charge in [-0.2, -0.15) is 0 Å². The second kappa shape index (κ2) is 13.3. The van der Waals surface area contributed by atoms with E-state index in [0.717, 1.165) is 29.0 Å². The number of nitrogens with zero attached hydrogens (tertiary/aromatic N) is 2. The molecule has 2 aromatic rings. The molecule has 0 bridgehead atoms. The van der Waals surface area contributed by atoms with Crippen molar-refractivity contribution in [1.82, 2.24) is 10.2 Å². The Kier molecular flexibility index (Phi) is 11.1. The third-order valence-corrected chi connectivity index (χ3v) is 7.61. The van der Waals surface area contributed by atoms with Gasteiger partial charge in [-0.1, -0.05) is 68.6 Å². The average Bonchev–Trinajstić information content (AvgIpc) is 2.81. The SMILES string of the molecule is CCCCNC(=O)[C@@H](C)N(Cc1ccc(Cl)cc1Cl)C(=O)CN(c1ccc(C(C)C)cc1)S(C)(=O)=O. The Morgan fingerprint density at radius 3 is 2.19 bits per heavy atom. The van der Waals surface area contributed by atoms with E-state index in [4.69, 9.17) is 23.2 Å². The van der Waals surface area contributed by atoms with Crippen molar-refractivity contribution in [2.75, 3.05) is 23.7 Å². The van der Waals surface area contributed by atoms with Gasteiger partial charge in [-0.3, -0.25) is 13.9 Å². The Morgan fingerprint density at radius 2 is 1.67 bits per heavy atom. The van der Waals surface area contributed by atoms with Gasteiger partial charge in [0.25, 0.3) is 0 Å². The first kappa shape index (κ1) is 29.9. The van der Waals surface area contributed by atoms with Crippen LogP contribution in [0.5, 0.6) is 0 Å². The van der Waals surface area contributed by atoms with Crippen LogP contribution in [-0.2, 0) is 26.2 Å². The Morgan fingerprint density at radius 1 is 1.03 bits per heavy atom. The molecule has 0 spiro atoms. The van der Waals surface area contributed by atoms with Crippen LogP contribution >= 0.6 is 23.2 Å². The summed E-state index contributed by atoms with van der Waals surface area (Å²) >= 11 is 12.4. The topological polar surface area (TPSA) is 86.8 Å². The van der Waals surface area contributed by atoms with Crippen LogP contribution in [-0.4, -0.2) is 50.5 Å². The van der Waals surface area contributed by atoms with Crippen molar-refractivity contribution in [3.05, 3.63) is 63.6 Å². The fourth-order valence-corrected chi connectivity index (χ4v) is 4.91. The van der Waals surface area contributed by atoms with Gasteiger partial charge in [-0.15, -0.1) is 0 Å². The van der Waals surface area contributed by atoms with Crippen LogP contribution in [0.3, 0.4) is 0 Å². The number of rotatable bonds is 12. The number of anilines is 1. The number of hydrogen-bond donors (Lipinski definition) is 1. The largest absolute Gasteiger partial charge is 0.354 e. The van der Waals surface area contributed by atoms with E-state index in [1.165, 1.54) is 4.90 Å². The average molecular weight is 557 g/mol. The molecule has 0 heterocycles. The van der Waals surface area contributed by atoms with E-state index in [1.807, 2.05) is 32.9 Å². The molecule has 0 aliphatic rings. The molecule has 0 aliphatic carbocycles. The number of carbonyl (C=O) groups is 2. The lowest BCUT2D eigenvalue weighted by Crippen LogP contribution is -2.51.